The minimum atomic E-state index is -1.64. The van der Waals surface area contributed by atoms with Gasteiger partial charge in [0.05, 0.1) is 30.6 Å². The molecule has 1 aromatic heterocycles. The number of nitriles is 1. The quantitative estimate of drug-likeness (QED) is 0.0864. The third-order valence-corrected chi connectivity index (χ3v) is 8.22. The average Bonchev–Trinajstić information content (AvgIpc) is 3.31. The number of hydrogen-bond acceptors (Lipinski definition) is 12. The van der Waals surface area contributed by atoms with Crippen molar-refractivity contribution in [2.45, 2.75) is 78.0 Å². The van der Waals surface area contributed by atoms with Gasteiger partial charge in [0.2, 0.25) is 0 Å². The molecule has 0 aliphatic carbocycles. The maximum absolute atomic E-state index is 12.7. The molecule has 0 radical (unpaired) electrons. The molecule has 1 unspecified atom stereocenters. The molecule has 0 amide bonds. The summed E-state index contributed by atoms with van der Waals surface area (Å²) in [6.45, 7) is 9.53. The Hall–Kier alpha value is -3.67. The molecule has 0 bridgehead atoms. The Labute approximate surface area is 243 Å². The molecule has 1 N–H and O–H groups in total. The molecular formula is C26H34N5O10P. The molecule has 2 heterocycles. The summed E-state index contributed by atoms with van der Waals surface area (Å²) in [5, 5.41) is 19.9. The molecule has 1 saturated heterocycles. The molecule has 15 nitrogen and oxygen atoms in total. The van der Waals surface area contributed by atoms with E-state index in [1.54, 1.807) is 0 Å². The van der Waals surface area contributed by atoms with E-state index in [2.05, 4.69) is 4.98 Å². The first-order chi connectivity index (χ1) is 19.9. The molecule has 1 aromatic carbocycles. The number of nitro groups is 1. The van der Waals surface area contributed by atoms with E-state index in [1.807, 2.05) is 38.4 Å². The second kappa shape index (κ2) is 15.0. The first kappa shape index (κ1) is 32.8. The van der Waals surface area contributed by atoms with E-state index in [0.717, 1.165) is 0 Å². The number of hydrogen-bond donors (Lipinski definition) is 1. The number of carbonyl (C=O) groups is 1. The predicted molar refractivity (Wildman–Crippen MR) is 150 cm³/mol. The molecule has 0 saturated carbocycles. The van der Waals surface area contributed by atoms with Gasteiger partial charge >= 0.3 is 11.8 Å². The summed E-state index contributed by atoms with van der Waals surface area (Å²) in [7, 11) is -1.64. The maximum atomic E-state index is 12.7. The number of non-ortho nitro benzene ring substituents is 1. The normalized spacial score (nSPS) is 19.2. The monoisotopic (exact) mass is 607 g/mol. The van der Waals surface area contributed by atoms with Gasteiger partial charge in [0.15, 0.2) is 0 Å². The summed E-state index contributed by atoms with van der Waals surface area (Å²) in [6, 6.07) is 7.01. The Balaban J connectivity index is 1.81. The summed E-state index contributed by atoms with van der Waals surface area (Å²) in [4.78, 5) is 49.7. The van der Waals surface area contributed by atoms with Gasteiger partial charge in [-0.3, -0.25) is 24.5 Å². The van der Waals surface area contributed by atoms with Crippen molar-refractivity contribution in [2.75, 3.05) is 13.2 Å². The number of nitro benzene ring substituents is 1. The summed E-state index contributed by atoms with van der Waals surface area (Å²) >= 11 is 0. The number of aromatic amines is 1. The van der Waals surface area contributed by atoms with Gasteiger partial charge in [0, 0.05) is 42.4 Å². The maximum Gasteiger partial charge on any atom is 0.514 e. The zero-order chi connectivity index (χ0) is 31.0. The fourth-order valence-electron chi connectivity index (χ4n) is 4.28. The first-order valence-corrected chi connectivity index (χ1v) is 14.4. The highest BCUT2D eigenvalue weighted by molar-refractivity contribution is 7.44. The third-order valence-electron chi connectivity index (χ3n) is 6.14. The van der Waals surface area contributed by atoms with Crippen molar-refractivity contribution in [3.63, 3.8) is 0 Å². The van der Waals surface area contributed by atoms with Crippen molar-refractivity contribution < 1.29 is 33.0 Å². The minimum Gasteiger partial charge on any atom is -0.428 e. The van der Waals surface area contributed by atoms with E-state index in [0.29, 0.717) is 0 Å². The van der Waals surface area contributed by atoms with Crippen molar-refractivity contribution in [3.05, 3.63) is 67.0 Å². The van der Waals surface area contributed by atoms with Crippen molar-refractivity contribution in [1.29, 1.82) is 5.26 Å². The van der Waals surface area contributed by atoms with Crippen LogP contribution in [0.3, 0.4) is 0 Å². The van der Waals surface area contributed by atoms with Crippen molar-refractivity contribution in [3.8, 4) is 11.8 Å². The van der Waals surface area contributed by atoms with E-state index >= 15 is 0 Å². The molecule has 1 aliphatic heterocycles. The molecule has 2 aromatic rings. The van der Waals surface area contributed by atoms with Crippen molar-refractivity contribution in [1.82, 2.24) is 14.2 Å². The van der Waals surface area contributed by atoms with Gasteiger partial charge < -0.3 is 23.3 Å². The molecule has 228 valence electrons. The molecule has 4 atom stereocenters. The van der Waals surface area contributed by atoms with Crippen molar-refractivity contribution >= 4 is 20.4 Å². The summed E-state index contributed by atoms with van der Waals surface area (Å²) in [5.74, 6) is 0.0280. The van der Waals surface area contributed by atoms with Crippen LogP contribution >= 0.6 is 8.53 Å². The van der Waals surface area contributed by atoms with E-state index < -0.39 is 49.3 Å². The zero-order valence-electron chi connectivity index (χ0n) is 23.9. The number of rotatable bonds is 13. The largest absolute Gasteiger partial charge is 0.514 e. The molecule has 42 heavy (non-hydrogen) atoms. The smallest absolute Gasteiger partial charge is 0.428 e. The van der Waals surface area contributed by atoms with Crippen LogP contribution in [0.5, 0.6) is 5.75 Å². The summed E-state index contributed by atoms with van der Waals surface area (Å²) in [5.41, 5.74) is -1.12. The van der Waals surface area contributed by atoms with Crippen LogP contribution in [0.2, 0.25) is 0 Å². The van der Waals surface area contributed by atoms with Crippen LogP contribution in [0, 0.1) is 28.4 Å². The van der Waals surface area contributed by atoms with Gasteiger partial charge in [0.1, 0.15) is 24.2 Å². The van der Waals surface area contributed by atoms with Crippen LogP contribution in [0.25, 0.3) is 0 Å². The molecule has 1 fully saturated rings. The zero-order valence-corrected chi connectivity index (χ0v) is 24.8. The number of nitrogens with one attached hydrogen (secondary N) is 1. The number of nitrogens with zero attached hydrogens (tertiary/aromatic N) is 4. The number of H-pyrrole nitrogens is 1. The summed E-state index contributed by atoms with van der Waals surface area (Å²) < 4.78 is 32.2. The molecule has 0 spiro atoms. The van der Waals surface area contributed by atoms with E-state index in [-0.39, 0.29) is 55.1 Å². The van der Waals surface area contributed by atoms with Crippen LogP contribution in [0.4, 0.5) is 10.5 Å². The van der Waals surface area contributed by atoms with Gasteiger partial charge in [-0.15, -0.1) is 0 Å². The SMILES string of the molecule is Cc1cn([C@H]2C[C@H](OC(=O)Oc3ccc([N+](=O)[O-])cc3)[C@@H](COP(OCCC#N)N(C(C)C)C(C)C)O2)c(=O)[nH]c1=O. The second-order valence-electron chi connectivity index (χ2n) is 9.95. The highest BCUT2D eigenvalue weighted by Gasteiger charge is 2.41. The van der Waals surface area contributed by atoms with Crippen LogP contribution in [0.15, 0.2) is 40.1 Å². The number of aryl methyl sites for hydroxylation is 1. The first-order valence-electron chi connectivity index (χ1n) is 13.2. The molecular weight excluding hydrogens is 573 g/mol. The lowest BCUT2D eigenvalue weighted by molar-refractivity contribution is -0.384. The van der Waals surface area contributed by atoms with Crippen LogP contribution in [-0.4, -0.2) is 62.8 Å². The minimum absolute atomic E-state index is 0.0278. The van der Waals surface area contributed by atoms with Crippen LogP contribution in [0.1, 0.15) is 52.3 Å². The van der Waals surface area contributed by atoms with Gasteiger partial charge in [0.25, 0.3) is 19.8 Å². The summed E-state index contributed by atoms with van der Waals surface area (Å²) in [6.07, 6.45) is -2.25. The standard InChI is InChI=1S/C26H34N5O10P/c1-16(2)30(17(3)4)42(37-12-6-11-27)38-15-22-21(13-23(40-22)29-14-18(5)24(32)28-25(29)33)41-26(34)39-20-9-7-19(8-10-20)31(35)36/h7-10,14,16-17,21-23H,6,12-13,15H2,1-5H3,(H,28,32,33)/t21-,22+,23+,42?/m0/s1. The molecule has 1 aliphatic rings. The Morgan fingerprint density at radius 2 is 1.90 bits per heavy atom. The van der Waals surface area contributed by atoms with Gasteiger partial charge in [-0.1, -0.05) is 0 Å². The van der Waals surface area contributed by atoms with Gasteiger partial charge in [-0.25, -0.2) is 14.3 Å². The van der Waals surface area contributed by atoms with Gasteiger partial charge in [-0.2, -0.15) is 5.26 Å². The Kier molecular flexibility index (Phi) is 11.7. The lowest BCUT2D eigenvalue weighted by Crippen LogP contribution is -2.36. The average molecular weight is 608 g/mol. The van der Waals surface area contributed by atoms with Crippen LogP contribution < -0.4 is 16.0 Å². The van der Waals surface area contributed by atoms with Crippen molar-refractivity contribution in [2.24, 2.45) is 0 Å². The second-order valence-corrected chi connectivity index (χ2v) is 11.4. The third kappa shape index (κ3) is 8.67. The Morgan fingerprint density at radius 1 is 1.24 bits per heavy atom. The molecule has 16 heteroatoms. The number of benzene rings is 1. The van der Waals surface area contributed by atoms with E-state index in [1.165, 1.54) is 42.0 Å². The highest BCUT2D eigenvalue weighted by atomic mass is 31.2. The highest BCUT2D eigenvalue weighted by Crippen LogP contribution is 2.47. The Bertz CT molecular complexity index is 1380. The van der Waals surface area contributed by atoms with E-state index in [4.69, 9.17) is 28.5 Å². The fraction of sp³-hybridized carbons (Fsp3) is 0.538. The number of carbonyl (C=O) groups excluding carboxylic acids is 1. The Morgan fingerprint density at radius 3 is 2.50 bits per heavy atom. The van der Waals surface area contributed by atoms with E-state index in [9.17, 15) is 24.5 Å². The van der Waals surface area contributed by atoms with Gasteiger partial charge in [-0.05, 0) is 46.8 Å². The topological polar surface area (TPSA) is 188 Å². The lowest BCUT2D eigenvalue weighted by atomic mass is 10.2. The lowest BCUT2D eigenvalue weighted by Gasteiger charge is -2.36. The predicted octanol–water partition coefficient (Wildman–Crippen LogP) is 3.92. The number of ether oxygens (including phenoxy) is 3. The molecule has 3 rings (SSSR count). The fourth-order valence-corrected chi connectivity index (χ4v) is 5.89. The van der Waals surface area contributed by atoms with Crippen LogP contribution in [-0.2, 0) is 18.5 Å². The number of aromatic nitrogens is 2.